The van der Waals surface area contributed by atoms with E-state index in [0.29, 0.717) is 23.6 Å². The average molecular weight is 402 g/mol. The second-order valence-corrected chi connectivity index (χ2v) is 7.64. The van der Waals surface area contributed by atoms with E-state index in [1.165, 1.54) is 17.4 Å². The normalized spacial score (nSPS) is 16.1. The quantitative estimate of drug-likeness (QED) is 0.685. The molecule has 27 heavy (non-hydrogen) atoms. The minimum absolute atomic E-state index is 0.139. The summed E-state index contributed by atoms with van der Waals surface area (Å²) in [6.45, 7) is 0.677. The Labute approximate surface area is 165 Å². The number of carbonyl (C=O) groups excluding carboxylic acids is 1. The first kappa shape index (κ1) is 17.9. The fourth-order valence-electron chi connectivity index (χ4n) is 3.33. The predicted octanol–water partition coefficient (Wildman–Crippen LogP) is 4.79. The van der Waals surface area contributed by atoms with Gasteiger partial charge in [-0.15, -0.1) is 11.3 Å². The Morgan fingerprint density at radius 3 is 2.96 bits per heavy atom. The lowest BCUT2D eigenvalue weighted by atomic mass is 9.98. The van der Waals surface area contributed by atoms with Gasteiger partial charge in [0.05, 0.1) is 22.1 Å². The average Bonchev–Trinajstić information content (AvgIpc) is 3.15. The third kappa shape index (κ3) is 3.68. The van der Waals surface area contributed by atoms with Crippen molar-refractivity contribution in [2.75, 3.05) is 6.54 Å². The van der Waals surface area contributed by atoms with Gasteiger partial charge in [-0.05, 0) is 23.8 Å². The van der Waals surface area contributed by atoms with Crippen molar-refractivity contribution >= 4 is 29.0 Å². The number of nitrogens with one attached hydrogen (secondary N) is 1. The molecule has 1 aliphatic rings. The molecule has 3 aromatic rings. The van der Waals surface area contributed by atoms with Gasteiger partial charge in [0.25, 0.3) is 0 Å². The van der Waals surface area contributed by atoms with E-state index in [4.69, 9.17) is 11.6 Å². The molecule has 1 atom stereocenters. The smallest absolute Gasteiger partial charge is 0.318 e. The Bertz CT molecular complexity index is 977. The van der Waals surface area contributed by atoms with Crippen LogP contribution in [0.1, 0.15) is 27.7 Å². The Morgan fingerprint density at radius 2 is 2.15 bits per heavy atom. The molecule has 0 radical (unpaired) electrons. The number of fused-ring (bicyclic) bond motifs is 1. The number of urea groups is 1. The summed E-state index contributed by atoms with van der Waals surface area (Å²) in [6.07, 6.45) is 0.697. The maximum Gasteiger partial charge on any atom is 0.318 e. The summed E-state index contributed by atoms with van der Waals surface area (Å²) in [6, 6.07) is 13.5. The summed E-state index contributed by atoms with van der Waals surface area (Å²) in [4.78, 5) is 20.2. The zero-order chi connectivity index (χ0) is 18.8. The molecule has 0 saturated heterocycles. The predicted molar refractivity (Wildman–Crippen MR) is 104 cm³/mol. The third-order valence-corrected chi connectivity index (χ3v) is 5.79. The van der Waals surface area contributed by atoms with Gasteiger partial charge < -0.3 is 10.2 Å². The summed E-state index contributed by atoms with van der Waals surface area (Å²) in [5.41, 5.74) is 4.22. The number of thiazole rings is 1. The highest BCUT2D eigenvalue weighted by atomic mass is 35.5. The van der Waals surface area contributed by atoms with E-state index in [1.807, 2.05) is 29.8 Å². The first-order chi connectivity index (χ1) is 13.1. The summed E-state index contributed by atoms with van der Waals surface area (Å²) in [5.74, 6) is -0.326. The molecule has 0 fully saturated rings. The van der Waals surface area contributed by atoms with Crippen LogP contribution in [0.5, 0.6) is 0 Å². The second kappa shape index (κ2) is 7.66. The van der Waals surface area contributed by atoms with Gasteiger partial charge in [0, 0.05) is 30.1 Å². The molecule has 1 N–H and O–H groups in total. The molecule has 7 heteroatoms. The highest BCUT2D eigenvalue weighted by molar-refractivity contribution is 7.09. The fourth-order valence-corrected chi connectivity index (χ4v) is 4.50. The topological polar surface area (TPSA) is 45.2 Å². The molecule has 4 rings (SSSR count). The maximum atomic E-state index is 13.8. The second-order valence-electron chi connectivity index (χ2n) is 6.31. The summed E-state index contributed by atoms with van der Waals surface area (Å²) >= 11 is 7.71. The minimum atomic E-state index is -0.326. The Kier molecular flexibility index (Phi) is 5.09. The first-order valence-corrected chi connectivity index (χ1v) is 9.85. The molecule has 0 spiro atoms. The largest absolute Gasteiger partial charge is 0.334 e. The molecule has 0 aliphatic carbocycles. The number of hydrogen-bond acceptors (Lipinski definition) is 3. The number of carbonyl (C=O) groups is 1. The molecular weight excluding hydrogens is 385 g/mol. The molecule has 2 amide bonds. The molecule has 1 unspecified atom stereocenters. The lowest BCUT2D eigenvalue weighted by Gasteiger charge is -2.35. The van der Waals surface area contributed by atoms with Crippen molar-refractivity contribution in [3.63, 3.8) is 0 Å². The van der Waals surface area contributed by atoms with E-state index in [9.17, 15) is 9.18 Å². The molecule has 138 valence electrons. The Balaban J connectivity index is 1.60. The van der Waals surface area contributed by atoms with Crippen LogP contribution in [-0.4, -0.2) is 22.5 Å². The Hall–Kier alpha value is -2.44. The molecule has 4 nitrogen and oxygen atoms in total. The van der Waals surface area contributed by atoms with Crippen molar-refractivity contribution in [1.82, 2.24) is 15.2 Å². The van der Waals surface area contributed by atoms with Crippen molar-refractivity contribution in [2.24, 2.45) is 0 Å². The van der Waals surface area contributed by atoms with E-state index in [1.54, 1.807) is 23.1 Å². The number of halogens is 2. The lowest BCUT2D eigenvalue weighted by molar-refractivity contribution is 0.180. The van der Waals surface area contributed by atoms with Gasteiger partial charge in [0.1, 0.15) is 5.82 Å². The van der Waals surface area contributed by atoms with Crippen molar-refractivity contribution in [3.05, 3.63) is 86.6 Å². The summed E-state index contributed by atoms with van der Waals surface area (Å²) in [5, 5.41) is 3.47. The summed E-state index contributed by atoms with van der Waals surface area (Å²) in [7, 11) is 0. The molecule has 0 saturated carbocycles. The van der Waals surface area contributed by atoms with Crippen molar-refractivity contribution < 1.29 is 9.18 Å². The lowest BCUT2D eigenvalue weighted by Crippen LogP contribution is -2.45. The summed E-state index contributed by atoms with van der Waals surface area (Å²) < 4.78 is 13.8. The van der Waals surface area contributed by atoms with Gasteiger partial charge in [-0.25, -0.2) is 14.2 Å². The number of hydrogen-bond donors (Lipinski definition) is 1. The van der Waals surface area contributed by atoms with Gasteiger partial charge in [0.15, 0.2) is 0 Å². The third-order valence-electron chi connectivity index (χ3n) is 4.64. The van der Waals surface area contributed by atoms with Crippen LogP contribution in [0.2, 0.25) is 5.02 Å². The molecule has 0 bridgehead atoms. The van der Waals surface area contributed by atoms with Crippen LogP contribution in [-0.2, 0) is 13.0 Å². The Morgan fingerprint density at radius 1 is 1.30 bits per heavy atom. The number of rotatable bonds is 3. The monoisotopic (exact) mass is 401 g/mol. The molecule has 2 aromatic carbocycles. The van der Waals surface area contributed by atoms with E-state index < -0.39 is 0 Å². The fraction of sp³-hybridized carbons (Fsp3) is 0.200. The van der Waals surface area contributed by atoms with Crippen LogP contribution in [0.15, 0.2) is 54.0 Å². The first-order valence-electron chi connectivity index (χ1n) is 8.59. The van der Waals surface area contributed by atoms with Gasteiger partial charge in [-0.3, -0.25) is 0 Å². The molecular formula is C20H17ClFN3OS. The van der Waals surface area contributed by atoms with Gasteiger partial charge in [0.2, 0.25) is 0 Å². The van der Waals surface area contributed by atoms with Crippen molar-refractivity contribution in [1.29, 1.82) is 0 Å². The van der Waals surface area contributed by atoms with E-state index in [0.717, 1.165) is 16.1 Å². The molecule has 2 heterocycles. The van der Waals surface area contributed by atoms with E-state index in [-0.39, 0.29) is 24.4 Å². The number of nitrogens with zero attached hydrogens (tertiary/aromatic N) is 2. The van der Waals surface area contributed by atoms with E-state index in [2.05, 4.69) is 10.3 Å². The highest BCUT2D eigenvalue weighted by Gasteiger charge is 2.34. The van der Waals surface area contributed by atoms with Gasteiger partial charge >= 0.3 is 6.03 Å². The van der Waals surface area contributed by atoms with Crippen molar-refractivity contribution in [3.8, 4) is 0 Å². The van der Waals surface area contributed by atoms with Crippen LogP contribution in [0.4, 0.5) is 9.18 Å². The van der Waals surface area contributed by atoms with Gasteiger partial charge in [-0.2, -0.15) is 0 Å². The highest BCUT2D eigenvalue weighted by Crippen LogP contribution is 2.38. The zero-order valence-corrected chi connectivity index (χ0v) is 15.9. The number of benzene rings is 2. The minimum Gasteiger partial charge on any atom is -0.334 e. The standard InChI is InChI=1S/C20H17ClFN3OS/c21-15-6-3-5-13(10-15)18-19-17(24-12-27-19)8-9-25(18)20(26)23-11-14-4-1-2-7-16(14)22/h1-7,10,12,18H,8-9,11H2,(H,23,26). The van der Waals surface area contributed by atoms with Crippen LogP contribution in [0.25, 0.3) is 0 Å². The van der Waals surface area contributed by atoms with Crippen LogP contribution in [0.3, 0.4) is 0 Å². The van der Waals surface area contributed by atoms with Crippen LogP contribution < -0.4 is 5.32 Å². The van der Waals surface area contributed by atoms with E-state index >= 15 is 0 Å². The van der Waals surface area contributed by atoms with Gasteiger partial charge in [-0.1, -0.05) is 41.9 Å². The SMILES string of the molecule is O=C(NCc1ccccc1F)N1CCc2ncsc2C1c1cccc(Cl)c1. The molecule has 1 aromatic heterocycles. The van der Waals surface area contributed by atoms with Crippen LogP contribution in [0, 0.1) is 5.82 Å². The number of aromatic nitrogens is 1. The molecule has 1 aliphatic heterocycles. The zero-order valence-electron chi connectivity index (χ0n) is 14.4. The van der Waals surface area contributed by atoms with Crippen molar-refractivity contribution in [2.45, 2.75) is 19.0 Å². The number of amides is 2. The van der Waals surface area contributed by atoms with Crippen LogP contribution >= 0.6 is 22.9 Å². The maximum absolute atomic E-state index is 13.8.